The van der Waals surface area contributed by atoms with Gasteiger partial charge in [0.1, 0.15) is 17.5 Å². The molecular formula is C22H32O4. The van der Waals surface area contributed by atoms with Crippen molar-refractivity contribution in [3.8, 4) is 5.75 Å². The fraction of sp³-hybridized carbons (Fsp3) is 0.682. The van der Waals surface area contributed by atoms with Crippen LogP contribution >= 0.6 is 0 Å². The van der Waals surface area contributed by atoms with E-state index in [1.165, 1.54) is 22.3 Å². The molecule has 2 aliphatic rings. The van der Waals surface area contributed by atoms with Gasteiger partial charge in [-0.05, 0) is 55.7 Å². The van der Waals surface area contributed by atoms with Gasteiger partial charge in [-0.2, -0.15) is 0 Å². The van der Waals surface area contributed by atoms with Crippen molar-refractivity contribution in [2.75, 3.05) is 0 Å². The van der Waals surface area contributed by atoms with Crippen LogP contribution in [0.25, 0.3) is 0 Å². The number of cyclic esters (lactones) is 1. The highest BCUT2D eigenvalue weighted by Gasteiger charge is 2.37. The number of aliphatic hydroxyl groups is 1. The number of hydrogen-bond donors (Lipinski definition) is 1. The molecule has 144 valence electrons. The molecule has 4 nitrogen and oxygen atoms in total. The van der Waals surface area contributed by atoms with E-state index in [-0.39, 0.29) is 29.5 Å². The molecule has 0 aromatic heterocycles. The maximum Gasteiger partial charge on any atom is 0.308 e. The third-order valence-corrected chi connectivity index (χ3v) is 5.45. The van der Waals surface area contributed by atoms with Crippen molar-refractivity contribution in [3.05, 3.63) is 28.3 Å². The number of esters is 1. The molecule has 2 aliphatic heterocycles. The van der Waals surface area contributed by atoms with Crippen molar-refractivity contribution in [3.63, 3.8) is 0 Å². The first-order valence-corrected chi connectivity index (χ1v) is 9.68. The van der Waals surface area contributed by atoms with Crippen LogP contribution in [0.5, 0.6) is 5.75 Å². The largest absolute Gasteiger partial charge is 0.487 e. The maximum absolute atomic E-state index is 11.6. The van der Waals surface area contributed by atoms with Gasteiger partial charge in [0.2, 0.25) is 0 Å². The molecule has 2 heterocycles. The van der Waals surface area contributed by atoms with Crippen LogP contribution in [0.4, 0.5) is 0 Å². The molecule has 4 heteroatoms. The van der Waals surface area contributed by atoms with E-state index in [4.69, 9.17) is 9.47 Å². The van der Waals surface area contributed by atoms with E-state index in [1.54, 1.807) is 0 Å². The summed E-state index contributed by atoms with van der Waals surface area (Å²) >= 11 is 0. The van der Waals surface area contributed by atoms with Crippen LogP contribution in [0.1, 0.15) is 76.1 Å². The lowest BCUT2D eigenvalue weighted by atomic mass is 9.79. The van der Waals surface area contributed by atoms with Gasteiger partial charge in [-0.25, -0.2) is 0 Å². The molecule has 1 aromatic carbocycles. The number of rotatable bonds is 3. The summed E-state index contributed by atoms with van der Waals surface area (Å²) in [5, 5.41) is 9.83. The molecule has 3 rings (SSSR count). The van der Waals surface area contributed by atoms with Gasteiger partial charge < -0.3 is 14.6 Å². The quantitative estimate of drug-likeness (QED) is 0.828. The number of carbonyl (C=O) groups is 1. The molecular weight excluding hydrogens is 328 g/mol. The summed E-state index contributed by atoms with van der Waals surface area (Å²) in [6, 6.07) is 2.31. The van der Waals surface area contributed by atoms with Crippen LogP contribution < -0.4 is 4.74 Å². The standard InChI is InChI=1S/C22H32O4/c1-13-9-18(21(2,3)4)17-12-22(5,6)26-20(17)16(13)8-7-15-10-14(23)11-19(24)25-15/h9,14-15,23H,7-8,10-12H2,1-6H3. The summed E-state index contributed by atoms with van der Waals surface area (Å²) in [5.74, 6) is 0.735. The highest BCUT2D eigenvalue weighted by Crippen LogP contribution is 2.45. The Kier molecular flexibility index (Phi) is 4.85. The SMILES string of the molecule is Cc1cc(C(C)(C)C)c2c(c1CCC1CC(O)CC(=O)O1)OC(C)(C)C2. The first kappa shape index (κ1) is 19.2. The smallest absolute Gasteiger partial charge is 0.308 e. The van der Waals surface area contributed by atoms with Crippen molar-refractivity contribution < 1.29 is 19.4 Å². The minimum Gasteiger partial charge on any atom is -0.487 e. The van der Waals surface area contributed by atoms with E-state index in [9.17, 15) is 9.90 Å². The van der Waals surface area contributed by atoms with Crippen LogP contribution in [-0.4, -0.2) is 28.9 Å². The first-order valence-electron chi connectivity index (χ1n) is 9.68. The topological polar surface area (TPSA) is 55.8 Å². The van der Waals surface area contributed by atoms with E-state index < -0.39 is 6.10 Å². The summed E-state index contributed by atoms with van der Waals surface area (Å²) in [7, 11) is 0. The Bertz CT molecular complexity index is 712. The van der Waals surface area contributed by atoms with E-state index in [0.29, 0.717) is 12.8 Å². The third-order valence-electron chi connectivity index (χ3n) is 5.45. The molecule has 0 radical (unpaired) electrons. The molecule has 0 amide bonds. The fourth-order valence-corrected chi connectivity index (χ4v) is 4.23. The molecule has 1 N–H and O–H groups in total. The Labute approximate surface area is 156 Å². The van der Waals surface area contributed by atoms with Crippen LogP contribution in [0.2, 0.25) is 0 Å². The van der Waals surface area contributed by atoms with Gasteiger partial charge in [-0.3, -0.25) is 4.79 Å². The van der Waals surface area contributed by atoms with Crippen LogP contribution in [-0.2, 0) is 27.8 Å². The average molecular weight is 360 g/mol. The number of fused-ring (bicyclic) bond motifs is 1. The Morgan fingerprint density at radius 2 is 2.00 bits per heavy atom. The molecule has 1 saturated heterocycles. The predicted octanol–water partition coefficient (Wildman–Crippen LogP) is 4.01. The summed E-state index contributed by atoms with van der Waals surface area (Å²) in [6.45, 7) is 13.2. The summed E-state index contributed by atoms with van der Waals surface area (Å²) in [6.07, 6.45) is 2.28. The molecule has 26 heavy (non-hydrogen) atoms. The lowest BCUT2D eigenvalue weighted by Gasteiger charge is -2.27. The average Bonchev–Trinajstić information content (AvgIpc) is 2.78. The Morgan fingerprint density at radius 1 is 1.31 bits per heavy atom. The number of aliphatic hydroxyl groups excluding tert-OH is 1. The Morgan fingerprint density at radius 3 is 2.62 bits per heavy atom. The Balaban J connectivity index is 1.89. The second kappa shape index (κ2) is 6.56. The van der Waals surface area contributed by atoms with E-state index >= 15 is 0 Å². The van der Waals surface area contributed by atoms with Crippen LogP contribution in [0, 0.1) is 6.92 Å². The lowest BCUT2D eigenvalue weighted by molar-refractivity contribution is -0.160. The molecule has 1 fully saturated rings. The van der Waals surface area contributed by atoms with E-state index in [1.807, 2.05) is 0 Å². The van der Waals surface area contributed by atoms with Gasteiger partial charge >= 0.3 is 5.97 Å². The van der Waals surface area contributed by atoms with Gasteiger partial charge in [-0.1, -0.05) is 26.8 Å². The van der Waals surface area contributed by atoms with Crippen molar-refractivity contribution in [2.45, 2.75) is 96.9 Å². The molecule has 0 spiro atoms. The van der Waals surface area contributed by atoms with Crippen LogP contribution in [0.3, 0.4) is 0 Å². The van der Waals surface area contributed by atoms with Crippen molar-refractivity contribution in [1.82, 2.24) is 0 Å². The van der Waals surface area contributed by atoms with Crippen LogP contribution in [0.15, 0.2) is 6.07 Å². The molecule has 2 unspecified atom stereocenters. The zero-order valence-corrected chi connectivity index (χ0v) is 16.9. The molecule has 0 saturated carbocycles. The first-order chi connectivity index (χ1) is 12.0. The van der Waals surface area contributed by atoms with E-state index in [0.717, 1.165) is 18.6 Å². The number of benzene rings is 1. The summed E-state index contributed by atoms with van der Waals surface area (Å²) in [4.78, 5) is 11.6. The van der Waals surface area contributed by atoms with Crippen molar-refractivity contribution in [1.29, 1.82) is 0 Å². The second-order valence-electron chi connectivity index (χ2n) is 9.56. The van der Waals surface area contributed by atoms with Crippen molar-refractivity contribution in [2.24, 2.45) is 0 Å². The fourth-order valence-electron chi connectivity index (χ4n) is 4.23. The summed E-state index contributed by atoms with van der Waals surface area (Å²) in [5.41, 5.74) is 5.00. The highest BCUT2D eigenvalue weighted by molar-refractivity contribution is 5.71. The number of ether oxygens (including phenoxy) is 2. The highest BCUT2D eigenvalue weighted by atomic mass is 16.5. The summed E-state index contributed by atoms with van der Waals surface area (Å²) < 4.78 is 11.8. The normalized spacial score (nSPS) is 24.8. The van der Waals surface area contributed by atoms with Crippen molar-refractivity contribution >= 4 is 5.97 Å². The minimum absolute atomic E-state index is 0.0696. The number of carbonyl (C=O) groups excluding carboxylic acids is 1. The zero-order chi connectivity index (χ0) is 19.3. The van der Waals surface area contributed by atoms with Gasteiger partial charge in [0.25, 0.3) is 0 Å². The van der Waals surface area contributed by atoms with Gasteiger partial charge in [-0.15, -0.1) is 0 Å². The maximum atomic E-state index is 11.6. The van der Waals surface area contributed by atoms with Gasteiger partial charge in [0, 0.05) is 18.4 Å². The molecule has 0 aliphatic carbocycles. The monoisotopic (exact) mass is 360 g/mol. The molecule has 2 atom stereocenters. The van der Waals surface area contributed by atoms with E-state index in [2.05, 4.69) is 47.6 Å². The Hall–Kier alpha value is -1.55. The van der Waals surface area contributed by atoms with Gasteiger partial charge in [0.15, 0.2) is 0 Å². The number of hydrogen-bond acceptors (Lipinski definition) is 4. The number of aryl methyl sites for hydroxylation is 1. The van der Waals surface area contributed by atoms with Gasteiger partial charge in [0.05, 0.1) is 12.5 Å². The minimum atomic E-state index is -0.577. The third kappa shape index (κ3) is 3.90. The molecule has 1 aromatic rings. The zero-order valence-electron chi connectivity index (χ0n) is 16.9. The second-order valence-corrected chi connectivity index (χ2v) is 9.56. The molecule has 0 bridgehead atoms. The predicted molar refractivity (Wildman–Crippen MR) is 102 cm³/mol. The lowest BCUT2D eigenvalue weighted by Crippen LogP contribution is -2.32.